The largest absolute Gasteiger partial charge is 0.479 e. The van der Waals surface area contributed by atoms with Gasteiger partial charge in [0.25, 0.3) is 0 Å². The highest BCUT2D eigenvalue weighted by Crippen LogP contribution is 1.84. The molecule has 0 saturated carbocycles. The van der Waals surface area contributed by atoms with Crippen LogP contribution in [0.25, 0.3) is 0 Å². The lowest BCUT2D eigenvalue weighted by Gasteiger charge is -1.89. The SMILES string of the molecule is C1CO1.CC(O)C(=O)O. The Kier molecular flexibility index (Phi) is 4.00. The van der Waals surface area contributed by atoms with Crippen LogP contribution in [0.2, 0.25) is 0 Å². The molecule has 0 spiro atoms. The van der Waals surface area contributed by atoms with Crippen LogP contribution in [0.5, 0.6) is 0 Å². The number of hydrogen-bond acceptors (Lipinski definition) is 3. The molecule has 1 heterocycles. The van der Waals surface area contributed by atoms with Crippen molar-refractivity contribution in [3.05, 3.63) is 0 Å². The number of hydrogen-bond donors (Lipinski definition) is 2. The second-order valence-corrected chi connectivity index (χ2v) is 1.63. The zero-order valence-electron chi connectivity index (χ0n) is 5.20. The number of carboxylic acids is 1. The molecule has 1 saturated heterocycles. The van der Waals surface area contributed by atoms with Gasteiger partial charge in [0, 0.05) is 0 Å². The van der Waals surface area contributed by atoms with E-state index in [9.17, 15) is 4.79 Å². The summed E-state index contributed by atoms with van der Waals surface area (Å²) >= 11 is 0. The van der Waals surface area contributed by atoms with E-state index in [1.54, 1.807) is 0 Å². The van der Waals surface area contributed by atoms with Crippen LogP contribution in [0.4, 0.5) is 0 Å². The smallest absolute Gasteiger partial charge is 0.332 e. The van der Waals surface area contributed by atoms with Crippen LogP contribution in [-0.4, -0.2) is 35.5 Å². The van der Waals surface area contributed by atoms with E-state index in [-0.39, 0.29) is 0 Å². The molecule has 1 aliphatic rings. The van der Waals surface area contributed by atoms with Crippen molar-refractivity contribution in [1.29, 1.82) is 0 Å². The van der Waals surface area contributed by atoms with Gasteiger partial charge in [-0.2, -0.15) is 0 Å². The first-order valence-electron chi connectivity index (χ1n) is 2.63. The molecule has 2 N–H and O–H groups in total. The van der Waals surface area contributed by atoms with Gasteiger partial charge in [0.2, 0.25) is 0 Å². The van der Waals surface area contributed by atoms with E-state index in [4.69, 9.17) is 10.2 Å². The molecule has 54 valence electrons. The fourth-order valence-electron chi connectivity index (χ4n) is 0. The molecule has 1 atom stereocenters. The third-order valence-electron chi connectivity index (χ3n) is 0.562. The molecular weight excluding hydrogens is 124 g/mol. The standard InChI is InChI=1S/C3H6O3.C2H4O/c1-2(4)3(5)6;1-2-3-1/h2,4H,1H3,(H,5,6);1-2H2. The highest BCUT2D eigenvalue weighted by atomic mass is 16.6. The van der Waals surface area contributed by atoms with Gasteiger partial charge in [-0.3, -0.25) is 0 Å². The lowest BCUT2D eigenvalue weighted by atomic mass is 10.4. The molecule has 0 radical (unpaired) electrons. The lowest BCUT2D eigenvalue weighted by molar-refractivity contribution is -0.145. The Morgan fingerprint density at radius 3 is 1.89 bits per heavy atom. The van der Waals surface area contributed by atoms with Gasteiger partial charge in [-0.25, -0.2) is 4.79 Å². The maximum Gasteiger partial charge on any atom is 0.332 e. The van der Waals surface area contributed by atoms with E-state index in [0.717, 1.165) is 13.2 Å². The van der Waals surface area contributed by atoms with Gasteiger partial charge in [-0.15, -0.1) is 0 Å². The number of carboxylic acid groups (broad SMARTS) is 1. The maximum atomic E-state index is 9.45. The van der Waals surface area contributed by atoms with E-state index in [1.807, 2.05) is 0 Å². The molecule has 1 rings (SSSR count). The van der Waals surface area contributed by atoms with Crippen LogP contribution in [-0.2, 0) is 9.53 Å². The zero-order chi connectivity index (χ0) is 7.28. The summed E-state index contributed by atoms with van der Waals surface area (Å²) in [5, 5.41) is 15.8. The molecule has 0 aliphatic carbocycles. The highest BCUT2D eigenvalue weighted by Gasteiger charge is 2.01. The van der Waals surface area contributed by atoms with Crippen molar-refractivity contribution in [2.75, 3.05) is 13.2 Å². The van der Waals surface area contributed by atoms with Gasteiger partial charge in [0.05, 0.1) is 13.2 Å². The second-order valence-electron chi connectivity index (χ2n) is 1.63. The molecule has 9 heavy (non-hydrogen) atoms. The Balaban J connectivity index is 0.000000173. The van der Waals surface area contributed by atoms with Crippen molar-refractivity contribution in [2.45, 2.75) is 13.0 Å². The zero-order valence-corrected chi connectivity index (χ0v) is 5.20. The maximum absolute atomic E-state index is 9.45. The van der Waals surface area contributed by atoms with Crippen molar-refractivity contribution in [1.82, 2.24) is 0 Å². The van der Waals surface area contributed by atoms with E-state index in [2.05, 4.69) is 4.74 Å². The minimum absolute atomic E-state index is 1.00. The third kappa shape index (κ3) is 11.1. The second kappa shape index (κ2) is 4.29. The van der Waals surface area contributed by atoms with E-state index in [0.29, 0.717) is 0 Å². The summed E-state index contributed by atoms with van der Waals surface area (Å²) in [6.07, 6.45) is -1.23. The molecule has 0 amide bonds. The van der Waals surface area contributed by atoms with Gasteiger partial charge < -0.3 is 14.9 Å². The molecule has 0 aromatic rings. The average Bonchev–Trinajstić information content (AvgIpc) is 2.46. The van der Waals surface area contributed by atoms with Crippen molar-refractivity contribution in [2.24, 2.45) is 0 Å². The Hall–Kier alpha value is -0.610. The van der Waals surface area contributed by atoms with Gasteiger partial charge in [-0.05, 0) is 6.92 Å². The van der Waals surface area contributed by atoms with Crippen LogP contribution in [0.3, 0.4) is 0 Å². The van der Waals surface area contributed by atoms with Crippen LogP contribution >= 0.6 is 0 Å². The number of epoxide rings is 1. The van der Waals surface area contributed by atoms with Gasteiger partial charge in [0.15, 0.2) is 0 Å². The number of ether oxygens (including phenoxy) is 1. The monoisotopic (exact) mass is 134 g/mol. The normalized spacial score (nSPS) is 17.1. The molecule has 1 aliphatic heterocycles. The van der Waals surface area contributed by atoms with Crippen molar-refractivity contribution < 1.29 is 19.7 Å². The molecule has 0 aromatic carbocycles. The summed E-state index contributed by atoms with van der Waals surface area (Å²) in [5.41, 5.74) is 0. The Morgan fingerprint density at radius 1 is 1.67 bits per heavy atom. The minimum Gasteiger partial charge on any atom is -0.479 e. The molecule has 0 aromatic heterocycles. The van der Waals surface area contributed by atoms with E-state index < -0.39 is 12.1 Å². The Morgan fingerprint density at radius 2 is 1.89 bits per heavy atom. The number of rotatable bonds is 1. The topological polar surface area (TPSA) is 70.1 Å². The fourth-order valence-corrected chi connectivity index (χ4v) is 0. The van der Waals surface area contributed by atoms with Crippen LogP contribution in [0.15, 0.2) is 0 Å². The molecule has 1 fully saturated rings. The van der Waals surface area contributed by atoms with Gasteiger partial charge in [-0.1, -0.05) is 0 Å². The summed E-state index contributed by atoms with van der Waals surface area (Å²) < 4.78 is 4.50. The van der Waals surface area contributed by atoms with Crippen molar-refractivity contribution >= 4 is 5.97 Å². The molecule has 4 heteroatoms. The van der Waals surface area contributed by atoms with Crippen LogP contribution < -0.4 is 0 Å². The summed E-state index contributed by atoms with van der Waals surface area (Å²) in [7, 11) is 0. The predicted octanol–water partition coefficient (Wildman–Crippen LogP) is -0.532. The van der Waals surface area contributed by atoms with Crippen LogP contribution in [0.1, 0.15) is 6.92 Å². The quantitative estimate of drug-likeness (QED) is 0.473. The Labute approximate surface area is 53.1 Å². The first-order chi connectivity index (χ1) is 4.14. The molecule has 1 unspecified atom stereocenters. The molecule has 4 nitrogen and oxygen atoms in total. The summed E-state index contributed by atoms with van der Waals surface area (Å²) in [6, 6.07) is 0. The van der Waals surface area contributed by atoms with Gasteiger partial charge >= 0.3 is 5.97 Å². The fraction of sp³-hybridized carbons (Fsp3) is 0.800. The number of aliphatic carboxylic acids is 1. The Bertz CT molecular complexity index is 84.2. The number of carbonyl (C=O) groups is 1. The van der Waals surface area contributed by atoms with Crippen molar-refractivity contribution in [3.8, 4) is 0 Å². The van der Waals surface area contributed by atoms with E-state index in [1.165, 1.54) is 6.92 Å². The van der Waals surface area contributed by atoms with Gasteiger partial charge in [0.1, 0.15) is 6.10 Å². The number of aliphatic hydroxyl groups excluding tert-OH is 1. The third-order valence-corrected chi connectivity index (χ3v) is 0.562. The summed E-state index contributed by atoms with van der Waals surface area (Å²) in [4.78, 5) is 9.45. The minimum atomic E-state index is -1.23. The summed E-state index contributed by atoms with van der Waals surface area (Å²) in [6.45, 7) is 3.20. The first-order valence-corrected chi connectivity index (χ1v) is 2.63. The summed E-state index contributed by atoms with van der Waals surface area (Å²) in [5.74, 6) is -1.19. The molecular formula is C5H10O4. The van der Waals surface area contributed by atoms with E-state index >= 15 is 0 Å². The lowest BCUT2D eigenvalue weighted by Crippen LogP contribution is -2.13. The van der Waals surface area contributed by atoms with Crippen LogP contribution in [0, 0.1) is 0 Å². The molecule has 0 bridgehead atoms. The average molecular weight is 134 g/mol. The van der Waals surface area contributed by atoms with Crippen molar-refractivity contribution in [3.63, 3.8) is 0 Å². The first kappa shape index (κ1) is 8.39. The highest BCUT2D eigenvalue weighted by molar-refractivity contribution is 5.71. The predicted molar refractivity (Wildman–Crippen MR) is 30.1 cm³/mol. The number of aliphatic hydroxyl groups is 1.